The summed E-state index contributed by atoms with van der Waals surface area (Å²) in [7, 11) is 0. The summed E-state index contributed by atoms with van der Waals surface area (Å²) in [4.78, 5) is 27.9. The van der Waals surface area contributed by atoms with Crippen LogP contribution >= 0.6 is 11.3 Å². The molecular weight excluding hydrogens is 330 g/mol. The summed E-state index contributed by atoms with van der Waals surface area (Å²) in [6.07, 6.45) is 0. The second-order valence-corrected chi connectivity index (χ2v) is 5.72. The summed E-state index contributed by atoms with van der Waals surface area (Å²) >= 11 is 1.33. The third-order valence-corrected chi connectivity index (χ3v) is 3.85. The molecule has 24 heavy (non-hydrogen) atoms. The molecule has 0 saturated carbocycles. The molecule has 0 atom stereocenters. The van der Waals surface area contributed by atoms with Gasteiger partial charge >= 0.3 is 5.97 Å². The van der Waals surface area contributed by atoms with E-state index in [2.05, 4.69) is 15.5 Å². The van der Waals surface area contributed by atoms with Crippen LogP contribution < -0.4 is 5.32 Å². The van der Waals surface area contributed by atoms with Crippen LogP contribution in [0.5, 0.6) is 0 Å². The van der Waals surface area contributed by atoms with Gasteiger partial charge in [0.15, 0.2) is 12.3 Å². The van der Waals surface area contributed by atoms with Crippen LogP contribution in [0, 0.1) is 6.92 Å². The van der Waals surface area contributed by atoms with E-state index in [1.54, 1.807) is 18.4 Å². The minimum Gasteiger partial charge on any atom is -0.451 e. The van der Waals surface area contributed by atoms with Crippen molar-refractivity contribution < 1.29 is 18.8 Å². The molecule has 1 N–H and O–H groups in total. The molecular formula is C16H13N3O4S. The number of carbonyl (C=O) groups excluding carboxylic acids is 2. The number of thiazole rings is 1. The SMILES string of the molecule is Cc1cc(NC(=O)COC(=O)c2csc(-c3ccccc3)n2)on1. The molecule has 0 aliphatic rings. The zero-order valence-electron chi connectivity index (χ0n) is 12.7. The first-order chi connectivity index (χ1) is 11.6. The number of rotatable bonds is 5. The maximum Gasteiger partial charge on any atom is 0.358 e. The van der Waals surface area contributed by atoms with Gasteiger partial charge in [0, 0.05) is 17.0 Å². The number of ether oxygens (including phenoxy) is 1. The van der Waals surface area contributed by atoms with E-state index in [1.807, 2.05) is 30.3 Å². The Morgan fingerprint density at radius 2 is 2.08 bits per heavy atom. The van der Waals surface area contributed by atoms with Crippen LogP contribution in [0.4, 0.5) is 5.88 Å². The quantitative estimate of drug-likeness (QED) is 0.716. The summed E-state index contributed by atoms with van der Waals surface area (Å²) in [6, 6.07) is 11.1. The molecule has 3 aromatic rings. The Labute approximate surface area is 141 Å². The highest BCUT2D eigenvalue weighted by Crippen LogP contribution is 2.23. The van der Waals surface area contributed by atoms with Crippen molar-refractivity contribution in [1.29, 1.82) is 0 Å². The fourth-order valence-corrected chi connectivity index (χ4v) is 2.68. The molecule has 2 aromatic heterocycles. The first-order valence-electron chi connectivity index (χ1n) is 7.03. The van der Waals surface area contributed by atoms with Crippen molar-refractivity contribution in [2.24, 2.45) is 0 Å². The number of carbonyl (C=O) groups is 2. The normalized spacial score (nSPS) is 10.4. The van der Waals surface area contributed by atoms with Gasteiger partial charge in [-0.2, -0.15) is 0 Å². The van der Waals surface area contributed by atoms with Crippen LogP contribution in [0.3, 0.4) is 0 Å². The zero-order chi connectivity index (χ0) is 16.9. The second-order valence-electron chi connectivity index (χ2n) is 4.86. The van der Waals surface area contributed by atoms with E-state index in [0.29, 0.717) is 10.7 Å². The zero-order valence-corrected chi connectivity index (χ0v) is 13.5. The Bertz CT molecular complexity index is 857. The standard InChI is InChI=1S/C16H13N3O4S/c1-10-7-14(23-19-10)18-13(20)8-22-16(21)12-9-24-15(17-12)11-5-3-2-4-6-11/h2-7,9H,8H2,1H3,(H,18,20). The summed E-state index contributed by atoms with van der Waals surface area (Å²) < 4.78 is 9.79. The molecule has 1 aromatic carbocycles. The van der Waals surface area contributed by atoms with Crippen molar-refractivity contribution in [2.45, 2.75) is 6.92 Å². The van der Waals surface area contributed by atoms with Gasteiger partial charge in [-0.1, -0.05) is 35.5 Å². The molecule has 2 heterocycles. The lowest BCUT2D eigenvalue weighted by Gasteiger charge is -2.02. The Morgan fingerprint density at radius 3 is 2.79 bits per heavy atom. The van der Waals surface area contributed by atoms with Gasteiger partial charge in [0.05, 0.1) is 5.69 Å². The predicted molar refractivity (Wildman–Crippen MR) is 87.7 cm³/mol. The van der Waals surface area contributed by atoms with E-state index < -0.39 is 18.5 Å². The molecule has 7 nitrogen and oxygen atoms in total. The van der Waals surface area contributed by atoms with Crippen molar-refractivity contribution in [2.75, 3.05) is 11.9 Å². The van der Waals surface area contributed by atoms with Crippen LogP contribution in [0.25, 0.3) is 10.6 Å². The highest BCUT2D eigenvalue weighted by Gasteiger charge is 2.15. The van der Waals surface area contributed by atoms with Crippen LogP contribution in [0.2, 0.25) is 0 Å². The number of hydrogen-bond donors (Lipinski definition) is 1. The minimum absolute atomic E-state index is 0.169. The van der Waals surface area contributed by atoms with Crippen LogP contribution in [0.1, 0.15) is 16.2 Å². The Kier molecular flexibility index (Phi) is 4.66. The minimum atomic E-state index is -0.655. The lowest BCUT2D eigenvalue weighted by atomic mass is 10.2. The molecule has 122 valence electrons. The summed E-state index contributed by atoms with van der Waals surface area (Å²) in [5.41, 5.74) is 1.72. The molecule has 0 unspecified atom stereocenters. The van der Waals surface area contributed by atoms with E-state index in [9.17, 15) is 9.59 Å². The molecule has 3 rings (SSSR count). The average molecular weight is 343 g/mol. The van der Waals surface area contributed by atoms with Crippen molar-refractivity contribution in [3.63, 3.8) is 0 Å². The summed E-state index contributed by atoms with van der Waals surface area (Å²) in [6.45, 7) is 1.29. The fourth-order valence-electron chi connectivity index (χ4n) is 1.88. The largest absolute Gasteiger partial charge is 0.451 e. The smallest absolute Gasteiger partial charge is 0.358 e. The van der Waals surface area contributed by atoms with Crippen LogP contribution in [-0.4, -0.2) is 28.6 Å². The predicted octanol–water partition coefficient (Wildman–Crippen LogP) is 2.90. The summed E-state index contributed by atoms with van der Waals surface area (Å²) in [5.74, 6) is -0.969. The van der Waals surface area contributed by atoms with Crippen molar-refractivity contribution in [1.82, 2.24) is 10.1 Å². The van der Waals surface area contributed by atoms with Gasteiger partial charge in [0.1, 0.15) is 5.01 Å². The van der Waals surface area contributed by atoms with Gasteiger partial charge in [-0.25, -0.2) is 9.78 Å². The third kappa shape index (κ3) is 3.85. The number of nitrogens with one attached hydrogen (secondary N) is 1. The van der Waals surface area contributed by atoms with Gasteiger partial charge in [-0.15, -0.1) is 11.3 Å². The number of aromatic nitrogens is 2. The van der Waals surface area contributed by atoms with E-state index in [1.165, 1.54) is 11.3 Å². The van der Waals surface area contributed by atoms with Crippen molar-refractivity contribution in [3.05, 3.63) is 53.2 Å². The molecule has 0 radical (unpaired) electrons. The van der Waals surface area contributed by atoms with E-state index in [0.717, 1.165) is 5.56 Å². The molecule has 8 heteroatoms. The molecule has 0 fully saturated rings. The number of esters is 1. The van der Waals surface area contributed by atoms with Crippen LogP contribution in [0.15, 0.2) is 46.3 Å². The first-order valence-corrected chi connectivity index (χ1v) is 7.91. The van der Waals surface area contributed by atoms with Gasteiger partial charge in [0.25, 0.3) is 5.91 Å². The van der Waals surface area contributed by atoms with Gasteiger partial charge in [0.2, 0.25) is 5.88 Å². The van der Waals surface area contributed by atoms with Crippen molar-refractivity contribution >= 4 is 29.1 Å². The molecule has 1 amide bonds. The van der Waals surface area contributed by atoms with Gasteiger partial charge < -0.3 is 9.26 Å². The monoisotopic (exact) mass is 343 g/mol. The average Bonchev–Trinajstić information content (AvgIpc) is 3.23. The van der Waals surface area contributed by atoms with E-state index >= 15 is 0 Å². The number of hydrogen-bond acceptors (Lipinski definition) is 7. The Balaban J connectivity index is 1.55. The maximum atomic E-state index is 12.0. The number of nitrogens with zero attached hydrogens (tertiary/aromatic N) is 2. The fraction of sp³-hybridized carbons (Fsp3) is 0.125. The molecule has 0 aliphatic carbocycles. The summed E-state index contributed by atoms with van der Waals surface area (Å²) in [5, 5.41) is 8.39. The lowest BCUT2D eigenvalue weighted by molar-refractivity contribution is -0.119. The molecule has 0 aliphatic heterocycles. The highest BCUT2D eigenvalue weighted by molar-refractivity contribution is 7.13. The Morgan fingerprint density at radius 1 is 1.29 bits per heavy atom. The highest BCUT2D eigenvalue weighted by atomic mass is 32.1. The van der Waals surface area contributed by atoms with E-state index in [-0.39, 0.29) is 11.6 Å². The maximum absolute atomic E-state index is 12.0. The topological polar surface area (TPSA) is 94.3 Å². The van der Waals surface area contributed by atoms with E-state index in [4.69, 9.17) is 9.26 Å². The third-order valence-electron chi connectivity index (χ3n) is 2.96. The van der Waals surface area contributed by atoms with Gasteiger partial charge in [-0.05, 0) is 6.92 Å². The molecule has 0 spiro atoms. The number of anilines is 1. The van der Waals surface area contributed by atoms with Gasteiger partial charge in [-0.3, -0.25) is 10.1 Å². The molecule has 0 saturated heterocycles. The number of amides is 1. The first kappa shape index (κ1) is 15.9. The number of benzene rings is 1. The Hall–Kier alpha value is -3.00. The van der Waals surface area contributed by atoms with Crippen LogP contribution in [-0.2, 0) is 9.53 Å². The van der Waals surface area contributed by atoms with Crippen molar-refractivity contribution in [3.8, 4) is 10.6 Å². The molecule has 0 bridgehead atoms. The second kappa shape index (κ2) is 7.05. The number of aryl methyl sites for hydroxylation is 1. The lowest BCUT2D eigenvalue weighted by Crippen LogP contribution is -2.20.